The third-order valence-corrected chi connectivity index (χ3v) is 6.73. The number of hydrogen-bond donors (Lipinski definition) is 2. The van der Waals surface area contributed by atoms with Gasteiger partial charge in [0, 0.05) is 15.3 Å². The quantitative estimate of drug-likeness (QED) is 0.510. The third-order valence-electron chi connectivity index (χ3n) is 4.78. The standard InChI is InChI=1S/C21H26N2O3S2/c1-4-26-21(25)19-16-6-5-7-17(16)28-20(19)22-18(24)13-23(2)12-14-8-10-15(27-3)11-9-14/h8-11H,4-7,12-13H2,1-3H3,(H,22,24)/p+1. The minimum atomic E-state index is -0.327. The maximum absolute atomic E-state index is 12.6. The lowest BCUT2D eigenvalue weighted by Crippen LogP contribution is -3.08. The van der Waals surface area contributed by atoms with Gasteiger partial charge in [-0.1, -0.05) is 12.1 Å². The van der Waals surface area contributed by atoms with Gasteiger partial charge >= 0.3 is 5.97 Å². The van der Waals surface area contributed by atoms with Crippen molar-refractivity contribution >= 4 is 40.0 Å². The van der Waals surface area contributed by atoms with E-state index in [-0.39, 0.29) is 11.9 Å². The van der Waals surface area contributed by atoms with Crippen molar-refractivity contribution in [3.05, 3.63) is 45.8 Å². The number of amides is 1. The van der Waals surface area contributed by atoms with Crippen molar-refractivity contribution in [1.29, 1.82) is 0 Å². The zero-order valence-corrected chi connectivity index (χ0v) is 18.2. The Kier molecular flexibility index (Phi) is 7.15. The SMILES string of the molecule is CCOC(=O)c1c(NC(=O)C[NH+](C)Cc2ccc(SC)cc2)sc2c1CCC2. The molecule has 1 heterocycles. The summed E-state index contributed by atoms with van der Waals surface area (Å²) in [5.41, 5.74) is 2.83. The van der Waals surface area contributed by atoms with Crippen LogP contribution in [0.2, 0.25) is 0 Å². The molecule has 150 valence electrons. The van der Waals surface area contributed by atoms with Crippen LogP contribution in [-0.4, -0.2) is 38.3 Å². The summed E-state index contributed by atoms with van der Waals surface area (Å²) in [5, 5.41) is 3.61. The Hall–Kier alpha value is -1.83. The molecule has 0 spiro atoms. The number of carbonyl (C=O) groups excluding carboxylic acids is 2. The number of aryl methyl sites for hydroxylation is 1. The predicted octanol–water partition coefficient (Wildman–Crippen LogP) is 2.79. The molecule has 7 heteroatoms. The van der Waals surface area contributed by atoms with Crippen molar-refractivity contribution in [3.63, 3.8) is 0 Å². The summed E-state index contributed by atoms with van der Waals surface area (Å²) in [5.74, 6) is -0.407. The van der Waals surface area contributed by atoms with Gasteiger partial charge in [-0.15, -0.1) is 23.1 Å². The zero-order chi connectivity index (χ0) is 20.1. The van der Waals surface area contributed by atoms with Crippen LogP contribution in [0, 0.1) is 0 Å². The number of fused-ring (bicyclic) bond motifs is 1. The van der Waals surface area contributed by atoms with E-state index in [2.05, 4.69) is 35.8 Å². The average molecular weight is 420 g/mol. The molecule has 5 nitrogen and oxygen atoms in total. The lowest BCUT2D eigenvalue weighted by atomic mass is 10.1. The zero-order valence-electron chi connectivity index (χ0n) is 16.6. The minimum Gasteiger partial charge on any atom is -0.462 e. The van der Waals surface area contributed by atoms with E-state index in [0.29, 0.717) is 23.7 Å². The highest BCUT2D eigenvalue weighted by Gasteiger charge is 2.28. The fraction of sp³-hybridized carbons (Fsp3) is 0.429. The maximum atomic E-state index is 12.6. The highest BCUT2D eigenvalue weighted by molar-refractivity contribution is 7.98. The summed E-state index contributed by atoms with van der Waals surface area (Å²) in [6.45, 7) is 3.24. The second-order valence-corrected chi connectivity index (χ2v) is 8.97. The first-order valence-electron chi connectivity index (χ1n) is 9.57. The van der Waals surface area contributed by atoms with Crippen LogP contribution in [0.15, 0.2) is 29.2 Å². The molecular weight excluding hydrogens is 392 g/mol. The molecule has 2 aromatic rings. The van der Waals surface area contributed by atoms with Gasteiger partial charge in [-0.25, -0.2) is 4.79 Å². The highest BCUT2D eigenvalue weighted by Crippen LogP contribution is 2.39. The smallest absolute Gasteiger partial charge is 0.341 e. The van der Waals surface area contributed by atoms with Gasteiger partial charge in [0.2, 0.25) is 0 Å². The van der Waals surface area contributed by atoms with E-state index in [1.54, 1.807) is 18.7 Å². The van der Waals surface area contributed by atoms with Crippen LogP contribution in [0.3, 0.4) is 0 Å². The minimum absolute atomic E-state index is 0.0799. The van der Waals surface area contributed by atoms with E-state index >= 15 is 0 Å². The van der Waals surface area contributed by atoms with Gasteiger partial charge in [0.1, 0.15) is 11.5 Å². The van der Waals surface area contributed by atoms with Crippen molar-refractivity contribution in [2.75, 3.05) is 31.8 Å². The molecule has 1 atom stereocenters. The van der Waals surface area contributed by atoms with E-state index in [9.17, 15) is 9.59 Å². The molecule has 2 N–H and O–H groups in total. The normalized spacial score (nSPS) is 13.8. The van der Waals surface area contributed by atoms with Crippen LogP contribution in [0.5, 0.6) is 0 Å². The van der Waals surface area contributed by atoms with Crippen LogP contribution in [0.4, 0.5) is 5.00 Å². The maximum Gasteiger partial charge on any atom is 0.341 e. The predicted molar refractivity (Wildman–Crippen MR) is 115 cm³/mol. The summed E-state index contributed by atoms with van der Waals surface area (Å²) in [6, 6.07) is 8.42. The van der Waals surface area contributed by atoms with Crippen molar-refractivity contribution in [3.8, 4) is 0 Å². The largest absolute Gasteiger partial charge is 0.462 e. The third kappa shape index (κ3) is 4.96. The average Bonchev–Trinajstić information content (AvgIpc) is 3.22. The number of hydrogen-bond acceptors (Lipinski definition) is 5. The summed E-state index contributed by atoms with van der Waals surface area (Å²) >= 11 is 3.24. The monoisotopic (exact) mass is 419 g/mol. The number of anilines is 1. The second-order valence-electron chi connectivity index (χ2n) is 6.99. The number of thioether (sulfide) groups is 1. The van der Waals surface area contributed by atoms with Gasteiger partial charge in [0.25, 0.3) is 5.91 Å². The number of thiophene rings is 1. The fourth-order valence-electron chi connectivity index (χ4n) is 3.51. The summed E-state index contributed by atoms with van der Waals surface area (Å²) < 4.78 is 5.22. The lowest BCUT2D eigenvalue weighted by molar-refractivity contribution is -0.885. The van der Waals surface area contributed by atoms with Gasteiger partial charge in [-0.3, -0.25) is 4.79 Å². The number of quaternary nitrogens is 1. The molecular formula is C21H27N2O3S2+. The van der Waals surface area contributed by atoms with Gasteiger partial charge < -0.3 is 15.0 Å². The van der Waals surface area contributed by atoms with Gasteiger partial charge in [0.05, 0.1) is 19.2 Å². The molecule has 0 aliphatic heterocycles. The molecule has 1 amide bonds. The Labute approximate surface area is 174 Å². The van der Waals surface area contributed by atoms with Crippen LogP contribution >= 0.6 is 23.1 Å². The van der Waals surface area contributed by atoms with Crippen LogP contribution in [-0.2, 0) is 28.9 Å². The number of esters is 1. The number of nitrogens with one attached hydrogen (secondary N) is 2. The first-order valence-corrected chi connectivity index (χ1v) is 11.6. The highest BCUT2D eigenvalue weighted by atomic mass is 32.2. The Balaban J connectivity index is 1.63. The molecule has 1 aliphatic rings. The topological polar surface area (TPSA) is 59.8 Å². The molecule has 0 saturated heterocycles. The number of rotatable bonds is 8. The van der Waals surface area contributed by atoms with E-state index in [1.807, 2.05) is 7.05 Å². The Morgan fingerprint density at radius 2 is 2.00 bits per heavy atom. The van der Waals surface area contributed by atoms with Crippen molar-refractivity contribution in [2.24, 2.45) is 0 Å². The van der Waals surface area contributed by atoms with E-state index in [4.69, 9.17) is 4.74 Å². The molecule has 0 radical (unpaired) electrons. The van der Waals surface area contributed by atoms with Crippen LogP contribution < -0.4 is 10.2 Å². The molecule has 0 fully saturated rings. The van der Waals surface area contributed by atoms with Crippen LogP contribution in [0.1, 0.15) is 39.7 Å². The fourth-order valence-corrected chi connectivity index (χ4v) is 5.21. The lowest BCUT2D eigenvalue weighted by Gasteiger charge is -2.14. The second kappa shape index (κ2) is 9.58. The van der Waals surface area contributed by atoms with E-state index < -0.39 is 0 Å². The van der Waals surface area contributed by atoms with E-state index in [1.165, 1.54) is 26.7 Å². The first kappa shape index (κ1) is 20.9. The molecule has 0 saturated carbocycles. The number of likely N-dealkylation sites (N-methyl/N-ethyl adjacent to an activating group) is 1. The molecule has 1 unspecified atom stereocenters. The Morgan fingerprint density at radius 1 is 1.25 bits per heavy atom. The number of ether oxygens (including phenoxy) is 1. The molecule has 28 heavy (non-hydrogen) atoms. The van der Waals surface area contributed by atoms with Gasteiger partial charge in [-0.2, -0.15) is 0 Å². The van der Waals surface area contributed by atoms with Crippen molar-refractivity contribution in [2.45, 2.75) is 37.6 Å². The molecule has 1 aromatic carbocycles. The van der Waals surface area contributed by atoms with Gasteiger partial charge in [-0.05, 0) is 50.1 Å². The summed E-state index contributed by atoms with van der Waals surface area (Å²) in [4.78, 5) is 28.5. The molecule has 1 aromatic heterocycles. The van der Waals surface area contributed by atoms with Gasteiger partial charge in [0.15, 0.2) is 6.54 Å². The molecule has 3 rings (SSSR count). The number of benzene rings is 1. The molecule has 0 bridgehead atoms. The van der Waals surface area contributed by atoms with Crippen molar-refractivity contribution < 1.29 is 19.2 Å². The number of carbonyl (C=O) groups is 2. The summed E-state index contributed by atoms with van der Waals surface area (Å²) in [7, 11) is 2.00. The Bertz CT molecular complexity index is 846. The van der Waals surface area contributed by atoms with E-state index in [0.717, 1.165) is 36.3 Å². The van der Waals surface area contributed by atoms with Crippen LogP contribution in [0.25, 0.3) is 0 Å². The molecule has 1 aliphatic carbocycles. The Morgan fingerprint density at radius 3 is 2.68 bits per heavy atom. The van der Waals surface area contributed by atoms with Crippen molar-refractivity contribution in [1.82, 2.24) is 0 Å². The first-order chi connectivity index (χ1) is 13.5. The summed E-state index contributed by atoms with van der Waals surface area (Å²) in [6.07, 6.45) is 4.97.